The van der Waals surface area contributed by atoms with E-state index < -0.39 is 0 Å². The number of hydrogen-bond donors (Lipinski definition) is 0. The summed E-state index contributed by atoms with van der Waals surface area (Å²) in [7, 11) is 0. The molecule has 1 atom stereocenters. The van der Waals surface area contributed by atoms with Gasteiger partial charge in [0, 0.05) is 0 Å². The number of benzene rings is 1. The summed E-state index contributed by atoms with van der Waals surface area (Å²) in [6, 6.07) is 10.3. The number of allylic oxidation sites excluding steroid dienone is 2. The lowest BCUT2D eigenvalue weighted by atomic mass is 9.99. The molecule has 0 heterocycles. The van der Waals surface area contributed by atoms with E-state index >= 15 is 0 Å². The van der Waals surface area contributed by atoms with Gasteiger partial charge in [0.25, 0.3) is 0 Å². The average Bonchev–Trinajstić information content (AvgIpc) is 2.19. The highest BCUT2D eigenvalue weighted by atomic mass is 16.1. The van der Waals surface area contributed by atoms with E-state index in [2.05, 4.69) is 19.1 Å². The lowest BCUT2D eigenvalue weighted by Gasteiger charge is -2.06. The second-order valence-corrected chi connectivity index (χ2v) is 3.70. The third-order valence-electron chi connectivity index (χ3n) is 2.13. The molecule has 1 unspecified atom stereocenters. The summed E-state index contributed by atoms with van der Waals surface area (Å²) in [4.78, 5) is 10.4. The van der Waals surface area contributed by atoms with Crippen molar-refractivity contribution in [1.29, 1.82) is 0 Å². The van der Waals surface area contributed by atoms with Crippen molar-refractivity contribution in [3.8, 4) is 0 Å². The van der Waals surface area contributed by atoms with E-state index in [1.807, 2.05) is 31.2 Å². The van der Waals surface area contributed by atoms with Gasteiger partial charge in [-0.15, -0.1) is 0 Å². The molecule has 1 aromatic carbocycles. The van der Waals surface area contributed by atoms with E-state index in [1.165, 1.54) is 5.56 Å². The molecule has 0 amide bonds. The van der Waals surface area contributed by atoms with Crippen molar-refractivity contribution in [2.75, 3.05) is 0 Å². The number of carbonyl (C=O) groups excluding carboxylic acids is 1. The zero-order chi connectivity index (χ0) is 10.4. The van der Waals surface area contributed by atoms with Crippen LogP contribution in [0.25, 0.3) is 0 Å². The summed E-state index contributed by atoms with van der Waals surface area (Å²) in [6.07, 6.45) is 3.91. The van der Waals surface area contributed by atoms with Gasteiger partial charge in [0.1, 0.15) is 6.29 Å². The fraction of sp³-hybridized carbons (Fsp3) is 0.308. The van der Waals surface area contributed by atoms with Crippen LogP contribution in [0.4, 0.5) is 0 Å². The van der Waals surface area contributed by atoms with Crippen LogP contribution in [0.2, 0.25) is 0 Å². The van der Waals surface area contributed by atoms with Crippen LogP contribution in [0.1, 0.15) is 19.4 Å². The van der Waals surface area contributed by atoms with Crippen LogP contribution in [0.3, 0.4) is 0 Å². The molecule has 0 aliphatic heterocycles. The fourth-order valence-electron chi connectivity index (χ4n) is 1.53. The van der Waals surface area contributed by atoms with Crippen molar-refractivity contribution < 1.29 is 4.79 Å². The lowest BCUT2D eigenvalue weighted by Crippen LogP contribution is -1.97. The molecule has 1 aromatic rings. The fourth-order valence-corrected chi connectivity index (χ4v) is 1.53. The van der Waals surface area contributed by atoms with Crippen LogP contribution in [-0.2, 0) is 11.2 Å². The molecule has 0 N–H and O–H groups in total. The number of aldehydes is 1. The molecule has 0 saturated carbocycles. The minimum Gasteiger partial charge on any atom is -0.298 e. The molecule has 0 bridgehead atoms. The molecule has 1 rings (SSSR count). The molecule has 1 nitrogen and oxygen atoms in total. The van der Waals surface area contributed by atoms with Crippen LogP contribution in [0.15, 0.2) is 42.0 Å². The average molecular weight is 188 g/mol. The minimum absolute atomic E-state index is 0.419. The molecule has 0 spiro atoms. The van der Waals surface area contributed by atoms with E-state index in [0.717, 1.165) is 18.3 Å². The Balaban J connectivity index is 2.58. The first kappa shape index (κ1) is 10.7. The molecule has 0 aliphatic carbocycles. The maximum atomic E-state index is 10.4. The van der Waals surface area contributed by atoms with Crippen LogP contribution in [-0.4, -0.2) is 6.29 Å². The molecule has 0 aromatic heterocycles. The Morgan fingerprint density at radius 1 is 1.36 bits per heavy atom. The van der Waals surface area contributed by atoms with Crippen molar-refractivity contribution >= 4 is 6.29 Å². The molecule has 0 aliphatic rings. The third kappa shape index (κ3) is 3.56. The second-order valence-electron chi connectivity index (χ2n) is 3.70. The summed E-state index contributed by atoms with van der Waals surface area (Å²) in [5.74, 6) is 0.419. The molecule has 14 heavy (non-hydrogen) atoms. The zero-order valence-corrected chi connectivity index (χ0v) is 8.73. The van der Waals surface area contributed by atoms with Gasteiger partial charge < -0.3 is 0 Å². The van der Waals surface area contributed by atoms with Gasteiger partial charge in [-0.2, -0.15) is 0 Å². The van der Waals surface area contributed by atoms with Crippen molar-refractivity contribution in [3.63, 3.8) is 0 Å². The number of hydrogen-bond acceptors (Lipinski definition) is 1. The first-order valence-corrected chi connectivity index (χ1v) is 4.90. The SMILES string of the molecule is CC(C=O)=CC(C)Cc1ccccc1. The van der Waals surface area contributed by atoms with Crippen LogP contribution in [0, 0.1) is 5.92 Å². The van der Waals surface area contributed by atoms with Gasteiger partial charge in [0.2, 0.25) is 0 Å². The summed E-state index contributed by atoms with van der Waals surface area (Å²) in [6.45, 7) is 3.97. The topological polar surface area (TPSA) is 17.1 Å². The van der Waals surface area contributed by atoms with Gasteiger partial charge >= 0.3 is 0 Å². The first-order valence-electron chi connectivity index (χ1n) is 4.90. The molecule has 1 heteroatoms. The highest BCUT2D eigenvalue weighted by Crippen LogP contribution is 2.10. The Morgan fingerprint density at radius 2 is 2.00 bits per heavy atom. The lowest BCUT2D eigenvalue weighted by molar-refractivity contribution is -0.104. The van der Waals surface area contributed by atoms with E-state index in [-0.39, 0.29) is 0 Å². The third-order valence-corrected chi connectivity index (χ3v) is 2.13. The predicted molar refractivity (Wildman–Crippen MR) is 59.1 cm³/mol. The smallest absolute Gasteiger partial charge is 0.145 e. The Morgan fingerprint density at radius 3 is 2.57 bits per heavy atom. The molecular weight excluding hydrogens is 172 g/mol. The predicted octanol–water partition coefficient (Wildman–Crippen LogP) is 3.01. The number of carbonyl (C=O) groups is 1. The standard InChI is InChI=1S/C13H16O/c1-11(8-12(2)10-14)9-13-6-4-3-5-7-13/h3-8,10-11H,9H2,1-2H3. The van der Waals surface area contributed by atoms with Crippen molar-refractivity contribution in [2.24, 2.45) is 5.92 Å². The quantitative estimate of drug-likeness (QED) is 0.524. The number of rotatable bonds is 4. The van der Waals surface area contributed by atoms with Crippen LogP contribution >= 0.6 is 0 Å². The first-order chi connectivity index (χ1) is 6.72. The molecule has 0 fully saturated rings. The normalized spacial score (nSPS) is 13.7. The summed E-state index contributed by atoms with van der Waals surface area (Å²) in [5, 5.41) is 0. The van der Waals surface area contributed by atoms with Gasteiger partial charge in [-0.05, 0) is 30.4 Å². The van der Waals surface area contributed by atoms with Crippen molar-refractivity contribution in [2.45, 2.75) is 20.3 Å². The molecular formula is C13H16O. The largest absolute Gasteiger partial charge is 0.298 e. The van der Waals surface area contributed by atoms with Gasteiger partial charge in [-0.25, -0.2) is 0 Å². The molecule has 0 radical (unpaired) electrons. The highest BCUT2D eigenvalue weighted by molar-refractivity contribution is 5.72. The Labute approximate surface area is 85.5 Å². The van der Waals surface area contributed by atoms with Gasteiger partial charge in [0.15, 0.2) is 0 Å². The van der Waals surface area contributed by atoms with E-state index in [0.29, 0.717) is 5.92 Å². The maximum absolute atomic E-state index is 10.4. The van der Waals surface area contributed by atoms with Gasteiger partial charge in [0.05, 0.1) is 0 Å². The van der Waals surface area contributed by atoms with E-state index in [9.17, 15) is 4.79 Å². The second kappa shape index (κ2) is 5.38. The van der Waals surface area contributed by atoms with Crippen molar-refractivity contribution in [1.82, 2.24) is 0 Å². The van der Waals surface area contributed by atoms with Gasteiger partial charge in [-0.1, -0.05) is 43.3 Å². The summed E-state index contributed by atoms with van der Waals surface area (Å²) >= 11 is 0. The Kier molecular flexibility index (Phi) is 4.11. The molecule has 74 valence electrons. The van der Waals surface area contributed by atoms with Crippen LogP contribution in [0.5, 0.6) is 0 Å². The molecule has 0 saturated heterocycles. The maximum Gasteiger partial charge on any atom is 0.145 e. The van der Waals surface area contributed by atoms with Gasteiger partial charge in [-0.3, -0.25) is 4.79 Å². The zero-order valence-electron chi connectivity index (χ0n) is 8.73. The minimum atomic E-state index is 0.419. The van der Waals surface area contributed by atoms with E-state index in [1.54, 1.807) is 0 Å². The Hall–Kier alpha value is -1.37. The summed E-state index contributed by atoms with van der Waals surface area (Å²) in [5.41, 5.74) is 2.13. The monoisotopic (exact) mass is 188 g/mol. The highest BCUT2D eigenvalue weighted by Gasteiger charge is 2.00. The summed E-state index contributed by atoms with van der Waals surface area (Å²) < 4.78 is 0. The van der Waals surface area contributed by atoms with Crippen molar-refractivity contribution in [3.05, 3.63) is 47.5 Å². The van der Waals surface area contributed by atoms with Crippen LogP contribution < -0.4 is 0 Å². The van der Waals surface area contributed by atoms with E-state index in [4.69, 9.17) is 0 Å². The Bertz CT molecular complexity index is 311.